The van der Waals surface area contributed by atoms with Crippen molar-refractivity contribution in [3.8, 4) is 11.5 Å². The Bertz CT molecular complexity index is 1310. The molecular weight excluding hydrogens is 436 g/mol. The number of carbonyl (C=O) groups is 1. The maximum atomic E-state index is 13.3. The third kappa shape index (κ3) is 4.90. The second kappa shape index (κ2) is 10.3. The van der Waals surface area contributed by atoms with Crippen LogP contribution >= 0.6 is 0 Å². The molecule has 3 aromatic carbocycles. The number of H-pyrrole nitrogens is 1. The topological polar surface area (TPSA) is 63.4 Å². The molecule has 2 atom stereocenters. The van der Waals surface area contributed by atoms with Crippen molar-refractivity contribution in [2.45, 2.75) is 51.5 Å². The van der Waals surface area contributed by atoms with E-state index in [-0.39, 0.29) is 24.7 Å². The fraction of sp³-hybridized carbons (Fsp3) is 0.300. The molecule has 2 N–H and O–H groups in total. The van der Waals surface area contributed by atoms with Gasteiger partial charge >= 0.3 is 0 Å². The van der Waals surface area contributed by atoms with Crippen LogP contribution in [0, 0.1) is 0 Å². The van der Waals surface area contributed by atoms with Crippen LogP contribution in [0.3, 0.4) is 0 Å². The molecule has 0 fully saturated rings. The largest absolute Gasteiger partial charge is 0.454 e. The molecule has 0 saturated heterocycles. The van der Waals surface area contributed by atoms with Crippen molar-refractivity contribution in [3.05, 3.63) is 95.2 Å². The van der Waals surface area contributed by atoms with E-state index in [0.29, 0.717) is 6.42 Å². The van der Waals surface area contributed by atoms with Crippen molar-refractivity contribution < 1.29 is 14.3 Å². The molecule has 1 aromatic heterocycles. The molecule has 1 aliphatic heterocycles. The normalized spacial score (nSPS) is 14.1. The van der Waals surface area contributed by atoms with Gasteiger partial charge in [0.15, 0.2) is 11.5 Å². The van der Waals surface area contributed by atoms with E-state index in [1.807, 2.05) is 24.3 Å². The fourth-order valence-electron chi connectivity index (χ4n) is 5.06. The van der Waals surface area contributed by atoms with Crippen molar-refractivity contribution in [1.82, 2.24) is 10.3 Å². The first-order chi connectivity index (χ1) is 17.1. The lowest BCUT2D eigenvalue weighted by Crippen LogP contribution is -2.33. The third-order valence-electron chi connectivity index (χ3n) is 6.90. The van der Waals surface area contributed by atoms with Crippen molar-refractivity contribution in [2.75, 3.05) is 6.79 Å². The van der Waals surface area contributed by atoms with Crippen molar-refractivity contribution in [2.24, 2.45) is 0 Å². The standard InChI is InChI=1S/C30H32N2O3/c1-3-22-11-7-12-23-26(18-31-29(22)23)25(24-13-8-14-27-30(24)35-19-34-27)17-28(33)32-20(2)15-16-21-9-5-4-6-10-21/h4-14,18,20,25,31H,3,15-17,19H2,1-2H3,(H,32,33)/t20-,25-/m1/s1. The number of para-hydroxylation sites is 2. The number of nitrogens with one attached hydrogen (secondary N) is 2. The summed E-state index contributed by atoms with van der Waals surface area (Å²) >= 11 is 0. The van der Waals surface area contributed by atoms with Gasteiger partial charge in [0.05, 0.1) is 0 Å². The zero-order valence-electron chi connectivity index (χ0n) is 20.3. The lowest BCUT2D eigenvalue weighted by atomic mass is 9.86. The highest BCUT2D eigenvalue weighted by molar-refractivity contribution is 5.88. The summed E-state index contributed by atoms with van der Waals surface area (Å²) in [6.07, 6.45) is 5.16. The molecule has 5 nitrogen and oxygen atoms in total. The summed E-state index contributed by atoms with van der Waals surface area (Å²) in [5.74, 6) is 1.35. The van der Waals surface area contributed by atoms with Gasteiger partial charge in [0.1, 0.15) is 0 Å². The van der Waals surface area contributed by atoms with Gasteiger partial charge in [-0.1, -0.05) is 67.6 Å². The van der Waals surface area contributed by atoms with Gasteiger partial charge in [-0.3, -0.25) is 4.79 Å². The minimum absolute atomic E-state index is 0.0353. The van der Waals surface area contributed by atoms with E-state index in [4.69, 9.17) is 9.47 Å². The van der Waals surface area contributed by atoms with Crippen LogP contribution in [0.25, 0.3) is 10.9 Å². The van der Waals surface area contributed by atoms with Crippen molar-refractivity contribution >= 4 is 16.8 Å². The number of rotatable bonds is 9. The van der Waals surface area contributed by atoms with E-state index < -0.39 is 0 Å². The number of aryl methyl sites for hydroxylation is 2. The molecule has 1 amide bonds. The smallest absolute Gasteiger partial charge is 0.231 e. The summed E-state index contributed by atoms with van der Waals surface area (Å²) in [6, 6.07) is 22.8. The Labute approximate surface area is 206 Å². The van der Waals surface area contributed by atoms with Crippen LogP contribution in [-0.2, 0) is 17.6 Å². The van der Waals surface area contributed by atoms with Crippen LogP contribution in [-0.4, -0.2) is 23.7 Å². The van der Waals surface area contributed by atoms with Crippen LogP contribution in [0.4, 0.5) is 0 Å². The number of aromatic nitrogens is 1. The Balaban J connectivity index is 1.41. The average Bonchev–Trinajstić information content (AvgIpc) is 3.54. The number of hydrogen-bond donors (Lipinski definition) is 2. The molecule has 180 valence electrons. The number of hydrogen-bond acceptors (Lipinski definition) is 3. The Morgan fingerprint density at radius 2 is 1.83 bits per heavy atom. The van der Waals surface area contributed by atoms with E-state index in [1.54, 1.807) is 0 Å². The highest BCUT2D eigenvalue weighted by atomic mass is 16.7. The number of aromatic amines is 1. The molecule has 4 aromatic rings. The lowest BCUT2D eigenvalue weighted by Gasteiger charge is -2.21. The van der Waals surface area contributed by atoms with Gasteiger partial charge in [-0.2, -0.15) is 0 Å². The minimum Gasteiger partial charge on any atom is -0.454 e. The van der Waals surface area contributed by atoms with Gasteiger partial charge in [-0.15, -0.1) is 0 Å². The van der Waals surface area contributed by atoms with Gasteiger partial charge in [0, 0.05) is 41.0 Å². The first-order valence-electron chi connectivity index (χ1n) is 12.4. The molecule has 2 heterocycles. The summed E-state index contributed by atoms with van der Waals surface area (Å²) in [4.78, 5) is 16.8. The predicted octanol–water partition coefficient (Wildman–Crippen LogP) is 6.12. The van der Waals surface area contributed by atoms with E-state index >= 15 is 0 Å². The number of amides is 1. The van der Waals surface area contributed by atoms with E-state index in [2.05, 4.69) is 72.8 Å². The number of benzene rings is 3. The number of fused-ring (bicyclic) bond motifs is 2. The zero-order chi connectivity index (χ0) is 24.2. The van der Waals surface area contributed by atoms with Crippen LogP contribution in [0.2, 0.25) is 0 Å². The SMILES string of the molecule is CCc1cccc2c([C@H](CC(=O)N[C@H](C)CCc3ccccc3)c3cccc4c3OCO4)c[nH]c12. The summed E-state index contributed by atoms with van der Waals surface area (Å²) in [6.45, 7) is 4.44. The molecule has 0 bridgehead atoms. The molecule has 0 unspecified atom stereocenters. The molecule has 0 spiro atoms. The van der Waals surface area contributed by atoms with Crippen molar-refractivity contribution in [3.63, 3.8) is 0 Å². The highest BCUT2D eigenvalue weighted by Gasteiger charge is 2.28. The molecule has 0 aliphatic carbocycles. The maximum Gasteiger partial charge on any atom is 0.231 e. The molecule has 5 rings (SSSR count). The molecule has 1 aliphatic rings. The van der Waals surface area contributed by atoms with E-state index in [1.165, 1.54) is 11.1 Å². The monoisotopic (exact) mass is 468 g/mol. The molecule has 0 radical (unpaired) electrons. The Hall–Kier alpha value is -3.73. The van der Waals surface area contributed by atoms with Crippen LogP contribution in [0.15, 0.2) is 72.9 Å². The second-order valence-corrected chi connectivity index (χ2v) is 9.27. The number of ether oxygens (including phenoxy) is 2. The Kier molecular flexibility index (Phi) is 6.75. The number of carbonyl (C=O) groups excluding carboxylic acids is 1. The van der Waals surface area contributed by atoms with E-state index in [0.717, 1.165) is 52.8 Å². The van der Waals surface area contributed by atoms with Gasteiger partial charge in [-0.25, -0.2) is 0 Å². The summed E-state index contributed by atoms with van der Waals surface area (Å²) in [7, 11) is 0. The molecule has 35 heavy (non-hydrogen) atoms. The van der Waals surface area contributed by atoms with Gasteiger partial charge in [0.25, 0.3) is 0 Å². The zero-order valence-corrected chi connectivity index (χ0v) is 20.3. The second-order valence-electron chi connectivity index (χ2n) is 9.27. The lowest BCUT2D eigenvalue weighted by molar-refractivity contribution is -0.121. The predicted molar refractivity (Wildman–Crippen MR) is 139 cm³/mol. The first-order valence-corrected chi connectivity index (χ1v) is 12.4. The quantitative estimate of drug-likeness (QED) is 0.311. The fourth-order valence-corrected chi connectivity index (χ4v) is 5.06. The van der Waals surface area contributed by atoms with Crippen LogP contribution in [0.5, 0.6) is 11.5 Å². The molecule has 0 saturated carbocycles. The summed E-state index contributed by atoms with van der Waals surface area (Å²) in [5.41, 5.74) is 5.77. The van der Waals surface area contributed by atoms with Crippen molar-refractivity contribution in [1.29, 1.82) is 0 Å². The van der Waals surface area contributed by atoms with Crippen LogP contribution in [0.1, 0.15) is 54.9 Å². The van der Waals surface area contributed by atoms with Gasteiger partial charge in [-0.05, 0) is 48.9 Å². The highest BCUT2D eigenvalue weighted by Crippen LogP contribution is 2.44. The third-order valence-corrected chi connectivity index (χ3v) is 6.90. The van der Waals surface area contributed by atoms with Gasteiger partial charge < -0.3 is 19.8 Å². The Morgan fingerprint density at radius 1 is 1.00 bits per heavy atom. The maximum absolute atomic E-state index is 13.3. The minimum atomic E-state index is -0.158. The summed E-state index contributed by atoms with van der Waals surface area (Å²) in [5, 5.41) is 4.38. The molecular formula is C30H32N2O3. The average molecular weight is 469 g/mol. The molecule has 5 heteroatoms. The first kappa shape index (κ1) is 23.0. The van der Waals surface area contributed by atoms with E-state index in [9.17, 15) is 4.79 Å². The summed E-state index contributed by atoms with van der Waals surface area (Å²) < 4.78 is 11.5. The van der Waals surface area contributed by atoms with Crippen LogP contribution < -0.4 is 14.8 Å². The Morgan fingerprint density at radius 3 is 2.66 bits per heavy atom. The van der Waals surface area contributed by atoms with Gasteiger partial charge in [0.2, 0.25) is 12.7 Å².